The molecule has 96 valence electrons. The summed E-state index contributed by atoms with van der Waals surface area (Å²) in [5.74, 6) is 1.44. The van der Waals surface area contributed by atoms with E-state index < -0.39 is 0 Å². The first-order valence-electron chi connectivity index (χ1n) is 6.73. The molecule has 0 N–H and O–H groups in total. The van der Waals surface area contributed by atoms with Crippen molar-refractivity contribution < 1.29 is 9.18 Å². The molecule has 1 saturated carbocycles. The van der Waals surface area contributed by atoms with Crippen LogP contribution in [0.15, 0.2) is 24.3 Å². The largest absolute Gasteiger partial charge is 0.295 e. The van der Waals surface area contributed by atoms with Gasteiger partial charge in [-0.2, -0.15) is 0 Å². The van der Waals surface area contributed by atoms with Crippen LogP contribution in [0.5, 0.6) is 0 Å². The van der Waals surface area contributed by atoms with Crippen LogP contribution in [0.3, 0.4) is 0 Å². The normalized spacial score (nSPS) is 27.4. The minimum Gasteiger partial charge on any atom is -0.295 e. The molecule has 0 bridgehead atoms. The quantitative estimate of drug-likeness (QED) is 0.765. The highest BCUT2D eigenvalue weighted by molar-refractivity contribution is 5.97. The van der Waals surface area contributed by atoms with Crippen molar-refractivity contribution in [2.45, 2.75) is 19.3 Å². The first-order chi connectivity index (χ1) is 8.72. The van der Waals surface area contributed by atoms with E-state index in [9.17, 15) is 9.18 Å². The molecular weight excluding hydrogens is 229 g/mol. The monoisotopic (exact) mass is 247 g/mol. The molecule has 1 aliphatic heterocycles. The second-order valence-corrected chi connectivity index (χ2v) is 5.58. The average molecular weight is 247 g/mol. The van der Waals surface area contributed by atoms with E-state index in [2.05, 4.69) is 4.90 Å². The standard InChI is InChI=1S/C15H18FNO/c16-14-6-4-11(5-7-14)15(18)10-17-8-12-2-1-3-13(12)9-17/h4-7,12-13H,1-3,8-10H2. The Balaban J connectivity index is 1.60. The Morgan fingerprint density at radius 3 is 2.39 bits per heavy atom. The average Bonchev–Trinajstić information content (AvgIpc) is 2.90. The lowest BCUT2D eigenvalue weighted by molar-refractivity contribution is 0.0941. The van der Waals surface area contributed by atoms with Gasteiger partial charge in [0.15, 0.2) is 5.78 Å². The molecule has 2 fully saturated rings. The molecule has 2 atom stereocenters. The van der Waals surface area contributed by atoms with Crippen molar-refractivity contribution in [1.29, 1.82) is 0 Å². The first-order valence-corrected chi connectivity index (χ1v) is 6.73. The fourth-order valence-corrected chi connectivity index (χ4v) is 3.39. The van der Waals surface area contributed by atoms with Gasteiger partial charge < -0.3 is 0 Å². The number of hydrogen-bond acceptors (Lipinski definition) is 2. The van der Waals surface area contributed by atoms with E-state index in [-0.39, 0.29) is 11.6 Å². The second-order valence-electron chi connectivity index (χ2n) is 5.58. The van der Waals surface area contributed by atoms with Gasteiger partial charge in [0, 0.05) is 18.7 Å². The molecule has 0 aromatic heterocycles. The lowest BCUT2D eigenvalue weighted by atomic mass is 10.0. The van der Waals surface area contributed by atoms with Gasteiger partial charge in [0.1, 0.15) is 5.82 Å². The Morgan fingerprint density at radius 1 is 1.17 bits per heavy atom. The summed E-state index contributed by atoms with van der Waals surface area (Å²) in [6.45, 7) is 2.62. The van der Waals surface area contributed by atoms with Crippen molar-refractivity contribution in [3.63, 3.8) is 0 Å². The van der Waals surface area contributed by atoms with Crippen LogP contribution in [-0.2, 0) is 0 Å². The number of likely N-dealkylation sites (tertiary alicyclic amines) is 1. The Bertz CT molecular complexity index is 430. The summed E-state index contributed by atoms with van der Waals surface area (Å²) in [5.41, 5.74) is 0.619. The third-order valence-corrected chi connectivity index (χ3v) is 4.34. The zero-order valence-electron chi connectivity index (χ0n) is 10.4. The molecule has 18 heavy (non-hydrogen) atoms. The number of Topliss-reactive ketones (excluding diaryl/α,β-unsaturated/α-hetero) is 1. The zero-order valence-corrected chi connectivity index (χ0v) is 10.4. The molecule has 3 rings (SSSR count). The number of benzene rings is 1. The number of halogens is 1. The summed E-state index contributed by atoms with van der Waals surface area (Å²) in [6, 6.07) is 5.86. The van der Waals surface area contributed by atoms with E-state index >= 15 is 0 Å². The molecule has 0 radical (unpaired) electrons. The molecule has 1 saturated heterocycles. The lowest BCUT2D eigenvalue weighted by Gasteiger charge is -2.15. The van der Waals surface area contributed by atoms with Crippen LogP contribution in [0.25, 0.3) is 0 Å². The molecule has 0 spiro atoms. The summed E-state index contributed by atoms with van der Waals surface area (Å²) in [7, 11) is 0. The predicted octanol–water partition coefficient (Wildman–Crippen LogP) is 2.74. The van der Waals surface area contributed by atoms with Crippen molar-refractivity contribution in [1.82, 2.24) is 4.90 Å². The van der Waals surface area contributed by atoms with Gasteiger partial charge in [-0.25, -0.2) is 4.39 Å². The van der Waals surface area contributed by atoms with Gasteiger partial charge in [0.25, 0.3) is 0 Å². The van der Waals surface area contributed by atoms with Crippen LogP contribution in [0.4, 0.5) is 4.39 Å². The fourth-order valence-electron chi connectivity index (χ4n) is 3.39. The smallest absolute Gasteiger partial charge is 0.176 e. The molecule has 3 heteroatoms. The van der Waals surface area contributed by atoms with Crippen molar-refractivity contribution >= 4 is 5.78 Å². The second kappa shape index (κ2) is 4.81. The highest BCUT2D eigenvalue weighted by Crippen LogP contribution is 2.37. The number of nitrogens with zero attached hydrogens (tertiary/aromatic N) is 1. The van der Waals surface area contributed by atoms with E-state index in [1.54, 1.807) is 12.1 Å². The van der Waals surface area contributed by atoms with Crippen LogP contribution in [-0.4, -0.2) is 30.3 Å². The molecule has 2 unspecified atom stereocenters. The zero-order chi connectivity index (χ0) is 12.5. The van der Waals surface area contributed by atoms with Gasteiger partial charge in [-0.3, -0.25) is 9.69 Å². The number of rotatable bonds is 3. The topological polar surface area (TPSA) is 20.3 Å². The summed E-state index contributed by atoms with van der Waals surface area (Å²) in [4.78, 5) is 14.3. The highest BCUT2D eigenvalue weighted by atomic mass is 19.1. The van der Waals surface area contributed by atoms with Crippen molar-refractivity contribution in [2.24, 2.45) is 11.8 Å². The molecular formula is C15H18FNO. The van der Waals surface area contributed by atoms with Crippen LogP contribution in [0, 0.1) is 17.7 Å². The Hall–Kier alpha value is -1.22. The van der Waals surface area contributed by atoms with E-state index in [1.807, 2.05) is 0 Å². The predicted molar refractivity (Wildman–Crippen MR) is 68.0 cm³/mol. The number of carbonyl (C=O) groups is 1. The summed E-state index contributed by atoms with van der Waals surface area (Å²) >= 11 is 0. The van der Waals surface area contributed by atoms with Crippen molar-refractivity contribution in [3.05, 3.63) is 35.6 Å². The van der Waals surface area contributed by atoms with Crippen LogP contribution in [0.1, 0.15) is 29.6 Å². The van der Waals surface area contributed by atoms with E-state index in [0.717, 1.165) is 24.9 Å². The van der Waals surface area contributed by atoms with Gasteiger partial charge in [-0.15, -0.1) is 0 Å². The van der Waals surface area contributed by atoms with E-state index in [4.69, 9.17) is 0 Å². The van der Waals surface area contributed by atoms with Gasteiger partial charge in [-0.1, -0.05) is 6.42 Å². The molecule has 2 aliphatic rings. The summed E-state index contributed by atoms with van der Waals surface area (Å²) < 4.78 is 12.8. The Morgan fingerprint density at radius 2 is 1.78 bits per heavy atom. The minimum atomic E-state index is -0.290. The maximum absolute atomic E-state index is 12.8. The number of fused-ring (bicyclic) bond motifs is 1. The summed E-state index contributed by atoms with van der Waals surface area (Å²) in [5, 5.41) is 0. The van der Waals surface area contributed by atoms with Crippen LogP contribution >= 0.6 is 0 Å². The van der Waals surface area contributed by atoms with Crippen LogP contribution in [0.2, 0.25) is 0 Å². The molecule has 2 nitrogen and oxygen atoms in total. The molecule has 1 aliphatic carbocycles. The van der Waals surface area contributed by atoms with Crippen molar-refractivity contribution in [3.8, 4) is 0 Å². The third kappa shape index (κ3) is 2.32. The SMILES string of the molecule is O=C(CN1CC2CCCC2C1)c1ccc(F)cc1. The van der Waals surface area contributed by atoms with Gasteiger partial charge >= 0.3 is 0 Å². The summed E-state index contributed by atoms with van der Waals surface area (Å²) in [6.07, 6.45) is 4.01. The number of ketones is 1. The van der Waals surface area contributed by atoms with Gasteiger partial charge in [0.2, 0.25) is 0 Å². The Kier molecular flexibility index (Phi) is 3.16. The number of carbonyl (C=O) groups excluding carboxylic acids is 1. The van der Waals surface area contributed by atoms with Crippen molar-refractivity contribution in [2.75, 3.05) is 19.6 Å². The Labute approximate surface area is 107 Å². The molecule has 1 aromatic carbocycles. The molecule has 0 amide bonds. The molecule has 1 aromatic rings. The van der Waals surface area contributed by atoms with Crippen LogP contribution < -0.4 is 0 Å². The highest BCUT2D eigenvalue weighted by Gasteiger charge is 2.36. The first kappa shape index (κ1) is 11.8. The maximum atomic E-state index is 12.8. The van der Waals surface area contributed by atoms with E-state index in [1.165, 1.54) is 31.4 Å². The number of hydrogen-bond donors (Lipinski definition) is 0. The third-order valence-electron chi connectivity index (χ3n) is 4.34. The van der Waals surface area contributed by atoms with Gasteiger partial charge in [0.05, 0.1) is 6.54 Å². The van der Waals surface area contributed by atoms with E-state index in [0.29, 0.717) is 12.1 Å². The maximum Gasteiger partial charge on any atom is 0.176 e. The lowest BCUT2D eigenvalue weighted by Crippen LogP contribution is -2.28. The fraction of sp³-hybridized carbons (Fsp3) is 0.533. The minimum absolute atomic E-state index is 0.106. The molecule has 1 heterocycles. The van der Waals surface area contributed by atoms with Gasteiger partial charge in [-0.05, 0) is 48.9 Å².